The van der Waals surface area contributed by atoms with Gasteiger partial charge in [0.2, 0.25) is 12.7 Å². The van der Waals surface area contributed by atoms with E-state index in [4.69, 9.17) is 9.47 Å². The number of nitrogens with zero attached hydrogens (tertiary/aromatic N) is 2. The quantitative estimate of drug-likeness (QED) is 0.525. The van der Waals surface area contributed by atoms with Gasteiger partial charge in [-0.05, 0) is 37.6 Å². The van der Waals surface area contributed by atoms with E-state index in [9.17, 15) is 18.0 Å². The molecule has 2 aromatic rings. The van der Waals surface area contributed by atoms with Crippen LogP contribution in [0.4, 0.5) is 13.2 Å². The van der Waals surface area contributed by atoms with Crippen LogP contribution >= 0.6 is 11.8 Å². The van der Waals surface area contributed by atoms with Crippen molar-refractivity contribution in [3.63, 3.8) is 0 Å². The van der Waals surface area contributed by atoms with Crippen LogP contribution in [0, 0.1) is 0 Å². The molecule has 1 N–H and O–H groups in total. The molecular formula is C19H20F3N3O3S. The summed E-state index contributed by atoms with van der Waals surface area (Å²) in [5, 5.41) is 2.78. The van der Waals surface area contributed by atoms with E-state index in [0.717, 1.165) is 24.2 Å². The first kappa shape index (κ1) is 21.2. The Labute approximate surface area is 170 Å². The van der Waals surface area contributed by atoms with Gasteiger partial charge in [-0.25, -0.2) is 9.97 Å². The molecule has 0 saturated carbocycles. The molecule has 10 heteroatoms. The first-order valence-corrected chi connectivity index (χ1v) is 10.0. The van der Waals surface area contributed by atoms with Gasteiger partial charge in [0.25, 0.3) is 0 Å². The highest BCUT2D eigenvalue weighted by Crippen LogP contribution is 2.37. The molecule has 156 valence electrons. The van der Waals surface area contributed by atoms with Gasteiger partial charge >= 0.3 is 6.18 Å². The number of alkyl halides is 3. The summed E-state index contributed by atoms with van der Waals surface area (Å²) in [6.07, 6.45) is -3.65. The van der Waals surface area contributed by atoms with Crippen molar-refractivity contribution >= 4 is 17.7 Å². The maximum absolute atomic E-state index is 13.3. The largest absolute Gasteiger partial charge is 0.454 e. The lowest BCUT2D eigenvalue weighted by atomic mass is 10.1. The maximum Gasteiger partial charge on any atom is 0.433 e. The summed E-state index contributed by atoms with van der Waals surface area (Å²) in [6, 6.07) is 5.77. The van der Waals surface area contributed by atoms with Gasteiger partial charge in [-0.3, -0.25) is 4.79 Å². The second-order valence-corrected chi connectivity index (χ2v) is 7.52. The molecule has 1 atom stereocenters. The second kappa shape index (κ2) is 8.89. The van der Waals surface area contributed by atoms with Gasteiger partial charge in [0.15, 0.2) is 16.7 Å². The van der Waals surface area contributed by atoms with Crippen molar-refractivity contribution in [3.05, 3.63) is 30.0 Å². The third-order valence-corrected chi connectivity index (χ3v) is 5.09. The summed E-state index contributed by atoms with van der Waals surface area (Å²) >= 11 is 1.01. The molecule has 0 fully saturated rings. The van der Waals surface area contributed by atoms with Gasteiger partial charge in [-0.15, -0.1) is 0 Å². The van der Waals surface area contributed by atoms with Gasteiger partial charge < -0.3 is 14.8 Å². The summed E-state index contributed by atoms with van der Waals surface area (Å²) in [5.41, 5.74) is -0.456. The third-order valence-electron chi connectivity index (χ3n) is 4.24. The number of thioether (sulfide) groups is 1. The number of carbonyl (C=O) groups is 1. The molecule has 1 aromatic carbocycles. The predicted octanol–water partition coefficient (Wildman–Crippen LogP) is 4.29. The summed E-state index contributed by atoms with van der Waals surface area (Å²) in [6.45, 7) is 3.91. The van der Waals surface area contributed by atoms with Crippen LogP contribution < -0.4 is 14.8 Å². The SMILES string of the molecule is CC[C@@H](C)NC(=O)CCSc1nc(-c2ccc3c(c2)OCO3)cc(C(F)(F)F)n1. The standard InChI is InChI=1S/C19H20F3N3O3S/c1-3-11(2)23-17(26)6-7-29-18-24-13(9-16(25-18)19(20,21)22)12-4-5-14-15(8-12)28-10-27-14/h4-5,8-9,11H,3,6-7,10H2,1-2H3,(H,23,26)/t11-/m1/s1. The highest BCUT2D eigenvalue weighted by atomic mass is 32.2. The zero-order chi connectivity index (χ0) is 21.0. The van der Waals surface area contributed by atoms with Crippen LogP contribution in [0.3, 0.4) is 0 Å². The van der Waals surface area contributed by atoms with Crippen molar-refractivity contribution in [2.24, 2.45) is 0 Å². The van der Waals surface area contributed by atoms with Gasteiger partial charge in [-0.1, -0.05) is 18.7 Å². The van der Waals surface area contributed by atoms with Gasteiger partial charge in [-0.2, -0.15) is 13.2 Å². The lowest BCUT2D eigenvalue weighted by Crippen LogP contribution is -2.32. The number of halogens is 3. The van der Waals surface area contributed by atoms with Crippen molar-refractivity contribution < 1.29 is 27.4 Å². The molecule has 0 unspecified atom stereocenters. The normalized spacial score (nSPS) is 14.0. The van der Waals surface area contributed by atoms with Gasteiger partial charge in [0.05, 0.1) is 5.69 Å². The zero-order valence-corrected chi connectivity index (χ0v) is 16.7. The maximum atomic E-state index is 13.3. The Morgan fingerprint density at radius 1 is 1.24 bits per heavy atom. The molecule has 2 heterocycles. The van der Waals surface area contributed by atoms with Crippen LogP contribution in [0.5, 0.6) is 11.5 Å². The summed E-state index contributed by atoms with van der Waals surface area (Å²) < 4.78 is 50.4. The number of ether oxygens (including phenoxy) is 2. The Morgan fingerprint density at radius 3 is 2.72 bits per heavy atom. The molecule has 1 aromatic heterocycles. The van der Waals surface area contributed by atoms with E-state index in [1.54, 1.807) is 18.2 Å². The van der Waals surface area contributed by atoms with E-state index >= 15 is 0 Å². The van der Waals surface area contributed by atoms with Crippen molar-refractivity contribution in [3.8, 4) is 22.8 Å². The number of carbonyl (C=O) groups excluding carboxylic acids is 1. The lowest BCUT2D eigenvalue weighted by molar-refractivity contribution is -0.141. The molecule has 0 aliphatic carbocycles. The van der Waals surface area contributed by atoms with Crippen molar-refractivity contribution in [2.45, 2.75) is 44.1 Å². The van der Waals surface area contributed by atoms with Crippen LogP contribution in [-0.4, -0.2) is 34.5 Å². The Morgan fingerprint density at radius 2 is 2.00 bits per heavy atom. The van der Waals surface area contributed by atoms with Crippen LogP contribution in [0.15, 0.2) is 29.4 Å². The molecular weight excluding hydrogens is 407 g/mol. The minimum Gasteiger partial charge on any atom is -0.454 e. The van der Waals surface area contributed by atoms with Crippen LogP contribution in [0.2, 0.25) is 0 Å². The van der Waals surface area contributed by atoms with E-state index in [1.807, 2.05) is 13.8 Å². The van der Waals surface area contributed by atoms with Gasteiger partial charge in [0, 0.05) is 23.8 Å². The lowest BCUT2D eigenvalue weighted by Gasteiger charge is -2.12. The molecule has 0 saturated heterocycles. The zero-order valence-electron chi connectivity index (χ0n) is 15.9. The van der Waals surface area contributed by atoms with Gasteiger partial charge in [0.1, 0.15) is 5.69 Å². The molecule has 3 rings (SSSR count). The molecule has 29 heavy (non-hydrogen) atoms. The predicted molar refractivity (Wildman–Crippen MR) is 102 cm³/mol. The number of nitrogens with one attached hydrogen (secondary N) is 1. The third kappa shape index (κ3) is 5.53. The Hall–Kier alpha value is -2.49. The molecule has 0 radical (unpaired) electrons. The number of amides is 1. The van der Waals surface area contributed by atoms with E-state index in [2.05, 4.69) is 15.3 Å². The van der Waals surface area contributed by atoms with Crippen LogP contribution in [0.1, 0.15) is 32.4 Å². The summed E-state index contributed by atoms with van der Waals surface area (Å²) in [7, 11) is 0. The smallest absolute Gasteiger partial charge is 0.433 e. The Bertz CT molecular complexity index is 893. The monoisotopic (exact) mass is 427 g/mol. The fourth-order valence-corrected chi connectivity index (χ4v) is 3.32. The van der Waals surface area contributed by atoms with Crippen molar-refractivity contribution in [1.29, 1.82) is 0 Å². The highest BCUT2D eigenvalue weighted by molar-refractivity contribution is 7.99. The van der Waals surface area contributed by atoms with Crippen molar-refractivity contribution in [2.75, 3.05) is 12.5 Å². The second-order valence-electron chi connectivity index (χ2n) is 6.46. The molecule has 1 aliphatic rings. The summed E-state index contributed by atoms with van der Waals surface area (Å²) in [5.74, 6) is 1.09. The molecule has 6 nitrogen and oxygen atoms in total. The molecule has 0 spiro atoms. The number of hydrogen-bond acceptors (Lipinski definition) is 6. The molecule has 1 amide bonds. The fourth-order valence-electron chi connectivity index (χ4n) is 2.52. The van der Waals surface area contributed by atoms with E-state index in [0.29, 0.717) is 17.1 Å². The Kier molecular flexibility index (Phi) is 6.51. The number of fused-ring (bicyclic) bond motifs is 1. The van der Waals surface area contributed by atoms with Crippen LogP contribution in [0.25, 0.3) is 11.3 Å². The van der Waals surface area contributed by atoms with Crippen LogP contribution in [-0.2, 0) is 11.0 Å². The number of hydrogen-bond donors (Lipinski definition) is 1. The average Bonchev–Trinajstić information content (AvgIpc) is 3.14. The van der Waals surface area contributed by atoms with E-state index in [-0.39, 0.29) is 41.8 Å². The van der Waals surface area contributed by atoms with Crippen molar-refractivity contribution in [1.82, 2.24) is 15.3 Å². The van der Waals surface area contributed by atoms with E-state index in [1.165, 1.54) is 0 Å². The first-order chi connectivity index (χ1) is 13.8. The number of aromatic nitrogens is 2. The minimum atomic E-state index is -4.61. The minimum absolute atomic E-state index is 0.0381. The molecule has 0 bridgehead atoms. The number of rotatable bonds is 7. The molecule has 1 aliphatic heterocycles. The highest BCUT2D eigenvalue weighted by Gasteiger charge is 2.34. The first-order valence-electron chi connectivity index (χ1n) is 9.04. The fraction of sp³-hybridized carbons (Fsp3) is 0.421. The topological polar surface area (TPSA) is 73.3 Å². The Balaban J connectivity index is 1.78. The average molecular weight is 427 g/mol. The summed E-state index contributed by atoms with van der Waals surface area (Å²) in [4.78, 5) is 19.7. The van der Waals surface area contributed by atoms with E-state index < -0.39 is 11.9 Å². The number of benzene rings is 1.